The second kappa shape index (κ2) is 4.93. The Morgan fingerprint density at radius 2 is 2.21 bits per heavy atom. The lowest BCUT2D eigenvalue weighted by Gasteiger charge is -2.06. The van der Waals surface area contributed by atoms with Gasteiger partial charge in [-0.3, -0.25) is 10.1 Å². The van der Waals surface area contributed by atoms with Crippen LogP contribution in [0.1, 0.15) is 16.8 Å². The molecule has 0 aromatic carbocycles. The van der Waals surface area contributed by atoms with Gasteiger partial charge in [0.05, 0.1) is 6.73 Å². The molecule has 0 atom stereocenters. The van der Waals surface area contributed by atoms with Crippen LogP contribution >= 0.6 is 0 Å². The Labute approximate surface area is 83.3 Å². The van der Waals surface area contributed by atoms with E-state index in [0.717, 1.165) is 16.8 Å². The predicted octanol–water partition coefficient (Wildman–Crippen LogP) is 0.685. The first-order chi connectivity index (χ1) is 6.65. The van der Waals surface area contributed by atoms with Gasteiger partial charge < -0.3 is 9.72 Å². The summed E-state index contributed by atoms with van der Waals surface area (Å²) in [5, 5.41) is 3.01. The molecular formula is C10H16N2O2. The molecule has 2 N–H and O–H groups in total. The number of pyridine rings is 1. The van der Waals surface area contributed by atoms with E-state index in [1.807, 2.05) is 19.9 Å². The van der Waals surface area contributed by atoms with Gasteiger partial charge in [-0.1, -0.05) is 0 Å². The molecule has 4 nitrogen and oxygen atoms in total. The van der Waals surface area contributed by atoms with Gasteiger partial charge in [0.1, 0.15) is 0 Å². The Balaban J connectivity index is 2.81. The van der Waals surface area contributed by atoms with Crippen LogP contribution in [0.15, 0.2) is 10.9 Å². The minimum Gasteiger partial charge on any atom is -0.370 e. The molecule has 1 rings (SSSR count). The number of nitrogens with one attached hydrogen (secondary N) is 2. The first kappa shape index (κ1) is 10.9. The summed E-state index contributed by atoms with van der Waals surface area (Å²) in [7, 11) is 1.61. The highest BCUT2D eigenvalue weighted by molar-refractivity contribution is 5.24. The summed E-state index contributed by atoms with van der Waals surface area (Å²) in [6.45, 7) is 4.80. The summed E-state index contributed by atoms with van der Waals surface area (Å²) in [4.78, 5) is 14.3. The lowest BCUT2D eigenvalue weighted by atomic mass is 10.1. The maximum absolute atomic E-state index is 11.5. The van der Waals surface area contributed by atoms with Crippen LogP contribution in [0.4, 0.5) is 0 Å². The predicted molar refractivity (Wildman–Crippen MR) is 55.3 cm³/mol. The van der Waals surface area contributed by atoms with Crippen molar-refractivity contribution in [3.63, 3.8) is 0 Å². The first-order valence-corrected chi connectivity index (χ1v) is 4.54. The molecule has 0 spiro atoms. The van der Waals surface area contributed by atoms with Crippen molar-refractivity contribution >= 4 is 0 Å². The third-order valence-electron chi connectivity index (χ3n) is 2.04. The highest BCUT2D eigenvalue weighted by Gasteiger charge is 2.03. The fraction of sp³-hybridized carbons (Fsp3) is 0.500. The van der Waals surface area contributed by atoms with Crippen molar-refractivity contribution < 1.29 is 4.74 Å². The van der Waals surface area contributed by atoms with E-state index < -0.39 is 0 Å². The summed E-state index contributed by atoms with van der Waals surface area (Å²) in [5.74, 6) is 0. The summed E-state index contributed by atoms with van der Waals surface area (Å²) >= 11 is 0. The van der Waals surface area contributed by atoms with Crippen LogP contribution in [-0.4, -0.2) is 18.8 Å². The van der Waals surface area contributed by atoms with E-state index in [1.54, 1.807) is 7.11 Å². The first-order valence-electron chi connectivity index (χ1n) is 4.54. The molecule has 0 amide bonds. The fourth-order valence-electron chi connectivity index (χ4n) is 1.38. The molecule has 1 aromatic heterocycles. The van der Waals surface area contributed by atoms with Crippen LogP contribution in [0, 0.1) is 13.8 Å². The zero-order valence-corrected chi connectivity index (χ0v) is 8.81. The molecular weight excluding hydrogens is 180 g/mol. The second-order valence-corrected chi connectivity index (χ2v) is 3.30. The Hall–Kier alpha value is -1.13. The van der Waals surface area contributed by atoms with Crippen LogP contribution in [0.5, 0.6) is 0 Å². The van der Waals surface area contributed by atoms with E-state index in [-0.39, 0.29) is 5.56 Å². The van der Waals surface area contributed by atoms with Crippen molar-refractivity contribution in [1.29, 1.82) is 0 Å². The smallest absolute Gasteiger partial charge is 0.252 e. The Morgan fingerprint density at radius 1 is 1.50 bits per heavy atom. The number of hydrogen-bond acceptors (Lipinski definition) is 3. The Kier molecular flexibility index (Phi) is 3.85. The van der Waals surface area contributed by atoms with E-state index in [1.165, 1.54) is 0 Å². The van der Waals surface area contributed by atoms with Gasteiger partial charge in [-0.2, -0.15) is 0 Å². The van der Waals surface area contributed by atoms with Crippen molar-refractivity contribution in [2.24, 2.45) is 0 Å². The van der Waals surface area contributed by atoms with Gasteiger partial charge in [-0.05, 0) is 25.5 Å². The SMILES string of the molecule is COCNCc1c(C)cc(C)[nH]c1=O. The van der Waals surface area contributed by atoms with E-state index in [4.69, 9.17) is 4.74 Å². The van der Waals surface area contributed by atoms with Gasteiger partial charge in [0.25, 0.3) is 5.56 Å². The van der Waals surface area contributed by atoms with Gasteiger partial charge in [0.15, 0.2) is 0 Å². The van der Waals surface area contributed by atoms with Crippen molar-refractivity contribution in [3.8, 4) is 0 Å². The molecule has 1 heterocycles. The molecule has 0 saturated heterocycles. The zero-order valence-electron chi connectivity index (χ0n) is 8.81. The summed E-state index contributed by atoms with van der Waals surface area (Å²) < 4.78 is 4.84. The van der Waals surface area contributed by atoms with E-state index >= 15 is 0 Å². The largest absolute Gasteiger partial charge is 0.370 e. The fourth-order valence-corrected chi connectivity index (χ4v) is 1.38. The van der Waals surface area contributed by atoms with Crippen molar-refractivity contribution in [1.82, 2.24) is 10.3 Å². The minimum absolute atomic E-state index is 0.0221. The number of aromatic amines is 1. The van der Waals surface area contributed by atoms with E-state index in [0.29, 0.717) is 13.3 Å². The molecule has 0 bridgehead atoms. The highest BCUT2D eigenvalue weighted by Crippen LogP contribution is 2.02. The third kappa shape index (κ3) is 2.68. The molecule has 0 aliphatic heterocycles. The molecule has 0 fully saturated rings. The molecule has 1 aromatic rings. The molecule has 0 aliphatic rings. The normalized spacial score (nSPS) is 10.5. The second-order valence-electron chi connectivity index (χ2n) is 3.30. The number of aryl methyl sites for hydroxylation is 2. The number of rotatable bonds is 4. The average Bonchev–Trinajstić information content (AvgIpc) is 2.09. The standard InChI is InChI=1S/C10H16N2O2/c1-7-4-8(2)12-10(13)9(7)5-11-6-14-3/h4,11H,5-6H2,1-3H3,(H,12,13). The summed E-state index contributed by atoms with van der Waals surface area (Å²) in [6.07, 6.45) is 0. The minimum atomic E-state index is -0.0221. The number of hydrogen-bond donors (Lipinski definition) is 2. The van der Waals surface area contributed by atoms with Gasteiger partial charge in [0, 0.05) is 24.9 Å². The van der Waals surface area contributed by atoms with Crippen LogP contribution < -0.4 is 10.9 Å². The molecule has 0 aliphatic carbocycles. The lowest BCUT2D eigenvalue weighted by molar-refractivity contribution is 0.174. The number of aromatic nitrogens is 1. The van der Waals surface area contributed by atoms with Crippen molar-refractivity contribution in [3.05, 3.63) is 33.2 Å². The molecule has 78 valence electrons. The van der Waals surface area contributed by atoms with E-state index in [9.17, 15) is 4.79 Å². The van der Waals surface area contributed by atoms with Gasteiger partial charge >= 0.3 is 0 Å². The monoisotopic (exact) mass is 196 g/mol. The molecule has 0 saturated carbocycles. The van der Waals surface area contributed by atoms with Gasteiger partial charge in [0.2, 0.25) is 0 Å². The Morgan fingerprint density at radius 3 is 2.79 bits per heavy atom. The van der Waals surface area contributed by atoms with Gasteiger partial charge in [-0.15, -0.1) is 0 Å². The zero-order chi connectivity index (χ0) is 10.6. The molecule has 0 unspecified atom stereocenters. The van der Waals surface area contributed by atoms with Gasteiger partial charge in [-0.25, -0.2) is 0 Å². The van der Waals surface area contributed by atoms with Crippen molar-refractivity contribution in [2.75, 3.05) is 13.8 Å². The van der Waals surface area contributed by atoms with Crippen molar-refractivity contribution in [2.45, 2.75) is 20.4 Å². The van der Waals surface area contributed by atoms with Crippen LogP contribution in [0.25, 0.3) is 0 Å². The number of methoxy groups -OCH3 is 1. The lowest BCUT2D eigenvalue weighted by Crippen LogP contribution is -2.24. The summed E-state index contributed by atoms with van der Waals surface area (Å²) in [6, 6.07) is 1.96. The van der Waals surface area contributed by atoms with E-state index in [2.05, 4.69) is 10.3 Å². The third-order valence-corrected chi connectivity index (χ3v) is 2.04. The van der Waals surface area contributed by atoms with Crippen LogP contribution in [0.2, 0.25) is 0 Å². The maximum Gasteiger partial charge on any atom is 0.252 e. The molecule has 4 heteroatoms. The maximum atomic E-state index is 11.5. The quantitative estimate of drug-likeness (QED) is 0.550. The molecule has 0 radical (unpaired) electrons. The number of ether oxygens (including phenoxy) is 1. The summed E-state index contributed by atoms with van der Waals surface area (Å²) in [5.41, 5.74) is 2.65. The van der Waals surface area contributed by atoms with Crippen LogP contribution in [0.3, 0.4) is 0 Å². The topological polar surface area (TPSA) is 54.1 Å². The number of H-pyrrole nitrogens is 1. The average molecular weight is 196 g/mol. The highest BCUT2D eigenvalue weighted by atomic mass is 16.5. The van der Waals surface area contributed by atoms with Crippen LogP contribution in [-0.2, 0) is 11.3 Å². The Bertz CT molecular complexity index is 358. The molecule has 14 heavy (non-hydrogen) atoms.